The van der Waals surface area contributed by atoms with Crippen LogP contribution in [0.2, 0.25) is 0 Å². The van der Waals surface area contributed by atoms with Crippen molar-refractivity contribution in [2.45, 2.75) is 18.9 Å². The Hall–Kier alpha value is -1.70. The smallest absolute Gasteiger partial charge is 0.124 e. The molecule has 20 heavy (non-hydrogen) atoms. The van der Waals surface area contributed by atoms with Gasteiger partial charge in [-0.1, -0.05) is 34.1 Å². The predicted molar refractivity (Wildman–Crippen MR) is 78.5 cm³/mol. The number of nitriles is 1. The van der Waals surface area contributed by atoms with Crippen molar-refractivity contribution in [3.8, 4) is 6.07 Å². The van der Waals surface area contributed by atoms with Crippen LogP contribution >= 0.6 is 15.9 Å². The maximum Gasteiger partial charge on any atom is 0.124 e. The van der Waals surface area contributed by atoms with Crippen molar-refractivity contribution in [1.82, 2.24) is 0 Å². The minimum atomic E-state index is -1.13. The summed E-state index contributed by atoms with van der Waals surface area (Å²) in [5.41, 5.74) is 0.834. The van der Waals surface area contributed by atoms with E-state index in [1.807, 2.05) is 0 Å². The second-order valence-corrected chi connectivity index (χ2v) is 5.73. The van der Waals surface area contributed by atoms with Gasteiger partial charge in [-0.3, -0.25) is 0 Å². The van der Waals surface area contributed by atoms with Gasteiger partial charge < -0.3 is 5.11 Å². The monoisotopic (exact) mass is 333 g/mol. The minimum Gasteiger partial charge on any atom is -0.385 e. The van der Waals surface area contributed by atoms with Gasteiger partial charge in [0.1, 0.15) is 5.82 Å². The van der Waals surface area contributed by atoms with Gasteiger partial charge in [-0.15, -0.1) is 0 Å². The molecule has 0 radical (unpaired) electrons. The highest BCUT2D eigenvalue weighted by Crippen LogP contribution is 2.29. The average molecular weight is 334 g/mol. The normalized spacial score (nSPS) is 13.6. The third kappa shape index (κ3) is 3.24. The fourth-order valence-corrected chi connectivity index (χ4v) is 2.55. The molecule has 2 rings (SSSR count). The molecule has 0 saturated heterocycles. The predicted octanol–water partition coefficient (Wildman–Crippen LogP) is 3.91. The molecule has 0 aliphatic heterocycles. The van der Waals surface area contributed by atoms with E-state index in [9.17, 15) is 9.50 Å². The lowest BCUT2D eigenvalue weighted by molar-refractivity contribution is 0.0574. The molecule has 1 N–H and O–H groups in total. The Labute approximate surface area is 125 Å². The SMILES string of the molecule is CC(O)(Cc1ccc(F)cc1Br)c1cccc(C#N)c1. The Kier molecular flexibility index (Phi) is 4.22. The van der Waals surface area contributed by atoms with Crippen molar-refractivity contribution in [3.05, 3.63) is 69.4 Å². The maximum absolute atomic E-state index is 13.1. The number of nitrogens with zero attached hydrogens (tertiary/aromatic N) is 1. The lowest BCUT2D eigenvalue weighted by Gasteiger charge is -2.24. The molecule has 0 fully saturated rings. The Balaban J connectivity index is 2.32. The van der Waals surface area contributed by atoms with E-state index < -0.39 is 5.60 Å². The third-order valence-corrected chi connectivity index (χ3v) is 3.90. The van der Waals surface area contributed by atoms with E-state index in [2.05, 4.69) is 22.0 Å². The zero-order chi connectivity index (χ0) is 14.8. The molecule has 0 bridgehead atoms. The fourth-order valence-electron chi connectivity index (χ4n) is 2.06. The quantitative estimate of drug-likeness (QED) is 0.925. The van der Waals surface area contributed by atoms with Crippen molar-refractivity contribution >= 4 is 15.9 Å². The molecule has 1 atom stereocenters. The number of hydrogen-bond acceptors (Lipinski definition) is 2. The third-order valence-electron chi connectivity index (χ3n) is 3.16. The van der Waals surface area contributed by atoms with Crippen LogP contribution in [0.3, 0.4) is 0 Å². The molecular formula is C16H13BrFNO. The Morgan fingerprint density at radius 2 is 2.05 bits per heavy atom. The second kappa shape index (κ2) is 5.74. The molecule has 2 aromatic carbocycles. The van der Waals surface area contributed by atoms with E-state index in [1.54, 1.807) is 37.3 Å². The highest BCUT2D eigenvalue weighted by atomic mass is 79.9. The van der Waals surface area contributed by atoms with E-state index in [0.717, 1.165) is 5.56 Å². The van der Waals surface area contributed by atoms with Crippen molar-refractivity contribution in [3.63, 3.8) is 0 Å². The first kappa shape index (κ1) is 14.7. The zero-order valence-corrected chi connectivity index (χ0v) is 12.5. The first-order valence-electron chi connectivity index (χ1n) is 6.09. The summed E-state index contributed by atoms with van der Waals surface area (Å²) in [5.74, 6) is -0.327. The van der Waals surface area contributed by atoms with E-state index in [1.165, 1.54) is 12.1 Å². The van der Waals surface area contributed by atoms with Gasteiger partial charge in [-0.25, -0.2) is 4.39 Å². The summed E-state index contributed by atoms with van der Waals surface area (Å²) in [6, 6.07) is 13.3. The first-order valence-corrected chi connectivity index (χ1v) is 6.88. The highest BCUT2D eigenvalue weighted by Gasteiger charge is 2.25. The molecule has 4 heteroatoms. The maximum atomic E-state index is 13.1. The summed E-state index contributed by atoms with van der Waals surface area (Å²) in [4.78, 5) is 0. The molecule has 1 unspecified atom stereocenters. The highest BCUT2D eigenvalue weighted by molar-refractivity contribution is 9.10. The minimum absolute atomic E-state index is 0.322. The van der Waals surface area contributed by atoms with Crippen LogP contribution in [0.5, 0.6) is 0 Å². The van der Waals surface area contributed by atoms with Crippen molar-refractivity contribution < 1.29 is 9.50 Å². The van der Waals surface area contributed by atoms with Gasteiger partial charge in [-0.2, -0.15) is 5.26 Å². The van der Waals surface area contributed by atoms with Crippen LogP contribution in [0.4, 0.5) is 4.39 Å². The Morgan fingerprint density at radius 1 is 1.30 bits per heavy atom. The van der Waals surface area contributed by atoms with Crippen molar-refractivity contribution in [1.29, 1.82) is 5.26 Å². The second-order valence-electron chi connectivity index (χ2n) is 4.88. The van der Waals surface area contributed by atoms with Crippen LogP contribution in [0.15, 0.2) is 46.9 Å². The zero-order valence-electron chi connectivity index (χ0n) is 10.9. The summed E-state index contributed by atoms with van der Waals surface area (Å²) in [7, 11) is 0. The van der Waals surface area contributed by atoms with Crippen LogP contribution in [-0.4, -0.2) is 5.11 Å². The van der Waals surface area contributed by atoms with Crippen LogP contribution in [0.1, 0.15) is 23.6 Å². The summed E-state index contributed by atoms with van der Waals surface area (Å²) >= 11 is 3.30. The van der Waals surface area contributed by atoms with Crippen LogP contribution in [0, 0.1) is 17.1 Å². The van der Waals surface area contributed by atoms with Crippen molar-refractivity contribution in [2.24, 2.45) is 0 Å². The van der Waals surface area contributed by atoms with Gasteiger partial charge in [0.25, 0.3) is 0 Å². The fraction of sp³-hybridized carbons (Fsp3) is 0.188. The van der Waals surface area contributed by atoms with Crippen LogP contribution < -0.4 is 0 Å². The molecule has 2 nitrogen and oxygen atoms in total. The Morgan fingerprint density at radius 3 is 2.70 bits per heavy atom. The van der Waals surface area contributed by atoms with Gasteiger partial charge in [-0.05, 0) is 42.3 Å². The van der Waals surface area contributed by atoms with Crippen LogP contribution in [-0.2, 0) is 12.0 Å². The van der Waals surface area contributed by atoms with Gasteiger partial charge >= 0.3 is 0 Å². The molecule has 2 aromatic rings. The van der Waals surface area contributed by atoms with Gasteiger partial charge in [0, 0.05) is 10.9 Å². The molecule has 0 aliphatic rings. The average Bonchev–Trinajstić information content (AvgIpc) is 2.42. The standard InChI is InChI=1S/C16H13BrFNO/c1-16(20,13-4-2-3-11(7-13)10-19)9-12-5-6-14(18)8-15(12)17/h2-8,20H,9H2,1H3. The largest absolute Gasteiger partial charge is 0.385 e. The van der Waals surface area contributed by atoms with Crippen LogP contribution in [0.25, 0.3) is 0 Å². The molecule has 0 amide bonds. The molecular weight excluding hydrogens is 321 g/mol. The van der Waals surface area contributed by atoms with E-state index >= 15 is 0 Å². The number of rotatable bonds is 3. The summed E-state index contributed by atoms with van der Waals surface area (Å²) < 4.78 is 13.7. The summed E-state index contributed by atoms with van der Waals surface area (Å²) in [5, 5.41) is 19.5. The van der Waals surface area contributed by atoms with E-state index in [0.29, 0.717) is 22.0 Å². The molecule has 102 valence electrons. The Bertz CT molecular complexity index is 676. The van der Waals surface area contributed by atoms with E-state index in [-0.39, 0.29) is 5.82 Å². The number of aliphatic hydroxyl groups is 1. The first-order chi connectivity index (χ1) is 9.42. The lowest BCUT2D eigenvalue weighted by atomic mass is 9.88. The molecule has 0 saturated carbocycles. The summed E-state index contributed by atoms with van der Waals surface area (Å²) in [6.45, 7) is 1.68. The number of hydrogen-bond donors (Lipinski definition) is 1. The molecule has 0 aliphatic carbocycles. The van der Waals surface area contributed by atoms with Gasteiger partial charge in [0.05, 0.1) is 17.2 Å². The van der Waals surface area contributed by atoms with Gasteiger partial charge in [0.15, 0.2) is 0 Å². The molecule has 0 heterocycles. The molecule has 0 aromatic heterocycles. The topological polar surface area (TPSA) is 44.0 Å². The van der Waals surface area contributed by atoms with Crippen molar-refractivity contribution in [2.75, 3.05) is 0 Å². The van der Waals surface area contributed by atoms with Gasteiger partial charge in [0.2, 0.25) is 0 Å². The lowest BCUT2D eigenvalue weighted by Crippen LogP contribution is -2.24. The number of halogens is 2. The molecule has 0 spiro atoms. The number of benzene rings is 2. The van der Waals surface area contributed by atoms with E-state index in [4.69, 9.17) is 5.26 Å². The summed E-state index contributed by atoms with van der Waals surface area (Å²) in [6.07, 6.45) is 0.322.